The van der Waals surface area contributed by atoms with Crippen LogP contribution in [0.2, 0.25) is 0 Å². The Morgan fingerprint density at radius 2 is 1.91 bits per heavy atom. The minimum absolute atomic E-state index is 0.145. The Hall–Kier alpha value is -3.54. The zero-order valence-electron chi connectivity index (χ0n) is 19.6. The number of benzene rings is 2. The number of ether oxygens (including phenoxy) is 1. The molecule has 35 heavy (non-hydrogen) atoms. The number of fused-ring (bicyclic) bond motifs is 1. The molecule has 1 aliphatic carbocycles. The lowest BCUT2D eigenvalue weighted by Crippen LogP contribution is -2.41. The summed E-state index contributed by atoms with van der Waals surface area (Å²) in [5.41, 5.74) is 2.81. The molecule has 2 atom stereocenters. The standard InChI is InChI=1S/C29H29FN2O3/c1-2-6-24(28(33)32-27(18-35-29(32)34)21-7-4-3-5-8-21)20-11-9-19(10-12-20)23-15-16-31-26-14-13-22(30)17-25(23)26/h2-5,7-8,13-17,19-20,24,27H,1,6,9-12,18H2/t19?,20?,24?,27-/m0/s1. The third-order valence-electron chi connectivity index (χ3n) is 7.55. The van der Waals surface area contributed by atoms with Gasteiger partial charge in [-0.2, -0.15) is 0 Å². The maximum Gasteiger partial charge on any atom is 0.417 e. The number of carbonyl (C=O) groups excluding carboxylic acids is 2. The zero-order valence-corrected chi connectivity index (χ0v) is 19.6. The van der Waals surface area contributed by atoms with Crippen LogP contribution in [0.3, 0.4) is 0 Å². The highest BCUT2D eigenvalue weighted by Gasteiger charge is 2.43. The summed E-state index contributed by atoms with van der Waals surface area (Å²) < 4.78 is 19.2. The molecular weight excluding hydrogens is 443 g/mol. The lowest BCUT2D eigenvalue weighted by atomic mass is 9.72. The molecule has 1 saturated carbocycles. The number of nitrogens with zero attached hydrogens (tertiary/aromatic N) is 2. The van der Waals surface area contributed by atoms with Gasteiger partial charge in [0.25, 0.3) is 0 Å². The number of carbonyl (C=O) groups is 2. The van der Waals surface area contributed by atoms with Gasteiger partial charge in [0, 0.05) is 17.5 Å². The Labute approximate surface area is 204 Å². The fourth-order valence-electron chi connectivity index (χ4n) is 5.77. The van der Waals surface area contributed by atoms with Crippen molar-refractivity contribution in [1.29, 1.82) is 0 Å². The van der Waals surface area contributed by atoms with Crippen molar-refractivity contribution in [3.8, 4) is 0 Å². The summed E-state index contributed by atoms with van der Waals surface area (Å²) in [5, 5.41) is 0.861. The summed E-state index contributed by atoms with van der Waals surface area (Å²) >= 11 is 0. The highest BCUT2D eigenvalue weighted by molar-refractivity contribution is 5.95. The molecule has 2 amide bonds. The Kier molecular flexibility index (Phi) is 6.62. The molecule has 5 rings (SSSR count). The molecule has 0 radical (unpaired) electrons. The van der Waals surface area contributed by atoms with E-state index in [0.717, 1.165) is 47.7 Å². The highest BCUT2D eigenvalue weighted by Crippen LogP contribution is 2.43. The van der Waals surface area contributed by atoms with Crippen LogP contribution in [0, 0.1) is 17.7 Å². The monoisotopic (exact) mass is 472 g/mol. The summed E-state index contributed by atoms with van der Waals surface area (Å²) in [5.74, 6) is -0.334. The number of amides is 2. The van der Waals surface area contributed by atoms with Crippen LogP contribution in [0.25, 0.3) is 10.9 Å². The van der Waals surface area contributed by atoms with E-state index in [-0.39, 0.29) is 36.1 Å². The first-order valence-corrected chi connectivity index (χ1v) is 12.3. The minimum atomic E-state index is -0.572. The summed E-state index contributed by atoms with van der Waals surface area (Å²) in [6, 6.07) is 15.9. The molecule has 180 valence electrons. The van der Waals surface area contributed by atoms with Gasteiger partial charge in [-0.3, -0.25) is 9.78 Å². The number of imide groups is 1. The molecule has 0 bridgehead atoms. The third-order valence-corrected chi connectivity index (χ3v) is 7.55. The lowest BCUT2D eigenvalue weighted by Gasteiger charge is -2.35. The van der Waals surface area contributed by atoms with Gasteiger partial charge in [-0.1, -0.05) is 36.4 Å². The van der Waals surface area contributed by atoms with Gasteiger partial charge < -0.3 is 4.74 Å². The van der Waals surface area contributed by atoms with E-state index in [2.05, 4.69) is 11.6 Å². The Balaban J connectivity index is 1.34. The van der Waals surface area contributed by atoms with Gasteiger partial charge in [0.2, 0.25) is 5.91 Å². The largest absolute Gasteiger partial charge is 0.446 e. The first kappa shape index (κ1) is 23.2. The van der Waals surface area contributed by atoms with Crippen LogP contribution in [0.5, 0.6) is 0 Å². The van der Waals surface area contributed by atoms with Crippen LogP contribution < -0.4 is 0 Å². The van der Waals surface area contributed by atoms with Crippen molar-refractivity contribution < 1.29 is 18.7 Å². The maximum absolute atomic E-state index is 13.9. The normalized spacial score (nSPS) is 23.2. The van der Waals surface area contributed by atoms with Crippen LogP contribution >= 0.6 is 0 Å². The Morgan fingerprint density at radius 3 is 2.66 bits per heavy atom. The van der Waals surface area contributed by atoms with Gasteiger partial charge in [0.1, 0.15) is 18.5 Å². The van der Waals surface area contributed by atoms with E-state index in [1.54, 1.807) is 24.4 Å². The fourth-order valence-corrected chi connectivity index (χ4v) is 5.77. The van der Waals surface area contributed by atoms with Crippen molar-refractivity contribution in [3.05, 3.63) is 90.4 Å². The molecule has 0 N–H and O–H groups in total. The highest BCUT2D eigenvalue weighted by atomic mass is 19.1. The van der Waals surface area contributed by atoms with E-state index in [0.29, 0.717) is 6.42 Å². The second-order valence-corrected chi connectivity index (χ2v) is 9.52. The number of pyridine rings is 1. The van der Waals surface area contributed by atoms with Crippen LogP contribution in [0.4, 0.5) is 9.18 Å². The van der Waals surface area contributed by atoms with Gasteiger partial charge in [0.15, 0.2) is 0 Å². The lowest BCUT2D eigenvalue weighted by molar-refractivity contribution is -0.135. The summed E-state index contributed by atoms with van der Waals surface area (Å²) in [6.45, 7) is 4.05. The molecule has 6 heteroatoms. The van der Waals surface area contributed by atoms with E-state index in [9.17, 15) is 14.0 Å². The first-order chi connectivity index (χ1) is 17.1. The number of hydrogen-bond acceptors (Lipinski definition) is 4. The fraction of sp³-hybridized carbons (Fsp3) is 0.345. The van der Waals surface area contributed by atoms with Crippen molar-refractivity contribution in [2.75, 3.05) is 6.61 Å². The number of halogens is 1. The average Bonchev–Trinajstić information content (AvgIpc) is 3.28. The number of rotatable bonds is 6. The molecular formula is C29H29FN2O3. The van der Waals surface area contributed by atoms with Crippen molar-refractivity contribution in [1.82, 2.24) is 9.88 Å². The third kappa shape index (κ3) is 4.57. The van der Waals surface area contributed by atoms with E-state index in [1.807, 2.05) is 36.4 Å². The van der Waals surface area contributed by atoms with Crippen LogP contribution in [-0.4, -0.2) is 28.5 Å². The molecule has 2 heterocycles. The molecule has 2 aromatic carbocycles. The van der Waals surface area contributed by atoms with E-state index in [4.69, 9.17) is 4.74 Å². The van der Waals surface area contributed by atoms with Gasteiger partial charge in [-0.25, -0.2) is 14.1 Å². The Morgan fingerprint density at radius 1 is 1.14 bits per heavy atom. The summed E-state index contributed by atoms with van der Waals surface area (Å²) in [6.07, 6.45) is 7.00. The Bertz CT molecular complexity index is 1240. The topological polar surface area (TPSA) is 59.5 Å². The number of aromatic nitrogens is 1. The van der Waals surface area contributed by atoms with Crippen molar-refractivity contribution in [2.45, 2.75) is 44.1 Å². The van der Waals surface area contributed by atoms with Gasteiger partial charge in [-0.15, -0.1) is 6.58 Å². The van der Waals surface area contributed by atoms with Crippen LogP contribution in [0.15, 0.2) is 73.4 Å². The molecule has 1 aliphatic heterocycles. The minimum Gasteiger partial charge on any atom is -0.446 e. The van der Waals surface area contributed by atoms with Crippen LogP contribution in [0.1, 0.15) is 55.2 Å². The van der Waals surface area contributed by atoms with Gasteiger partial charge >= 0.3 is 6.09 Å². The number of hydrogen-bond donors (Lipinski definition) is 0. The SMILES string of the molecule is C=CCC(C(=O)N1C(=O)OC[C@H]1c1ccccc1)C1CCC(c2ccnc3ccc(F)cc23)CC1. The molecule has 5 nitrogen and oxygen atoms in total. The smallest absolute Gasteiger partial charge is 0.417 e. The molecule has 0 spiro atoms. The van der Waals surface area contributed by atoms with E-state index >= 15 is 0 Å². The predicted octanol–water partition coefficient (Wildman–Crippen LogP) is 6.56. The molecule has 1 aromatic heterocycles. The molecule has 2 fully saturated rings. The van der Waals surface area contributed by atoms with Crippen molar-refractivity contribution in [2.24, 2.45) is 11.8 Å². The molecule has 1 saturated heterocycles. The van der Waals surface area contributed by atoms with E-state index < -0.39 is 12.1 Å². The number of cyclic esters (lactones) is 1. The summed E-state index contributed by atoms with van der Waals surface area (Å²) in [7, 11) is 0. The van der Waals surface area contributed by atoms with E-state index in [1.165, 1.54) is 11.0 Å². The molecule has 3 aromatic rings. The average molecular weight is 473 g/mol. The second kappa shape index (κ2) is 9.98. The molecule has 1 unspecified atom stereocenters. The molecule has 2 aliphatic rings. The quantitative estimate of drug-likeness (QED) is 0.381. The van der Waals surface area contributed by atoms with Gasteiger partial charge in [-0.05, 0) is 79.3 Å². The summed E-state index contributed by atoms with van der Waals surface area (Å²) in [4.78, 5) is 32.0. The van der Waals surface area contributed by atoms with Crippen molar-refractivity contribution >= 4 is 22.9 Å². The first-order valence-electron chi connectivity index (χ1n) is 12.3. The second-order valence-electron chi connectivity index (χ2n) is 9.52. The zero-order chi connectivity index (χ0) is 24.4. The van der Waals surface area contributed by atoms with Crippen molar-refractivity contribution in [3.63, 3.8) is 0 Å². The van der Waals surface area contributed by atoms with Gasteiger partial charge in [0.05, 0.1) is 5.52 Å². The maximum atomic E-state index is 13.9. The van der Waals surface area contributed by atoms with Crippen LogP contribution in [-0.2, 0) is 9.53 Å². The predicted molar refractivity (Wildman–Crippen MR) is 132 cm³/mol. The number of allylic oxidation sites excluding steroid dienone is 1.